The lowest BCUT2D eigenvalue weighted by molar-refractivity contribution is -0.127. The van der Waals surface area contributed by atoms with Gasteiger partial charge in [-0.3, -0.25) is 20.4 Å². The fraction of sp³-hybridized carbons (Fsp3) is 0.211. The van der Waals surface area contributed by atoms with Gasteiger partial charge in [0.15, 0.2) is 0 Å². The first-order valence-electron chi connectivity index (χ1n) is 8.22. The number of aromatic nitrogens is 2. The van der Waals surface area contributed by atoms with Gasteiger partial charge in [0, 0.05) is 4.90 Å². The standard InChI is InChI=1S/C19H20N4O2S/c1-12-7-8-13(2)16(9-12)26-11-19(25)23-22-18(24)10-17-20-14-5-3-4-6-15(14)21-17/h3-9H,10-11H2,1-2H3,(H,20,21)(H,22,24)(H,23,25). The Balaban J connectivity index is 1.46. The van der Waals surface area contributed by atoms with Crippen LogP contribution in [-0.2, 0) is 16.0 Å². The van der Waals surface area contributed by atoms with Gasteiger partial charge in [-0.05, 0) is 37.6 Å². The molecule has 0 atom stereocenters. The molecule has 0 unspecified atom stereocenters. The van der Waals surface area contributed by atoms with E-state index in [1.807, 2.05) is 56.3 Å². The number of fused-ring (bicyclic) bond motifs is 1. The zero-order valence-corrected chi connectivity index (χ0v) is 15.4. The SMILES string of the molecule is Cc1ccc(C)c(SCC(=O)NNC(=O)Cc2nc3ccccc3[nH]2)c1. The van der Waals surface area contributed by atoms with Crippen LogP contribution in [0.25, 0.3) is 11.0 Å². The summed E-state index contributed by atoms with van der Waals surface area (Å²) in [5.74, 6) is 0.209. The lowest BCUT2D eigenvalue weighted by atomic mass is 10.2. The first-order chi connectivity index (χ1) is 12.5. The van der Waals surface area contributed by atoms with Crippen LogP contribution in [0.1, 0.15) is 17.0 Å². The van der Waals surface area contributed by atoms with Crippen LogP contribution in [0.4, 0.5) is 0 Å². The predicted molar refractivity (Wildman–Crippen MR) is 103 cm³/mol. The molecule has 6 nitrogen and oxygen atoms in total. The third-order valence-electron chi connectivity index (χ3n) is 3.81. The van der Waals surface area contributed by atoms with E-state index in [0.29, 0.717) is 5.82 Å². The molecule has 2 amide bonds. The second-order valence-corrected chi connectivity index (χ2v) is 7.05. The number of thioether (sulfide) groups is 1. The number of hydrogen-bond donors (Lipinski definition) is 3. The molecule has 26 heavy (non-hydrogen) atoms. The smallest absolute Gasteiger partial charge is 0.248 e. The quantitative estimate of drug-likeness (QED) is 0.477. The number of hydrazine groups is 1. The van der Waals surface area contributed by atoms with Gasteiger partial charge in [0.2, 0.25) is 11.8 Å². The van der Waals surface area contributed by atoms with E-state index in [1.165, 1.54) is 11.8 Å². The zero-order chi connectivity index (χ0) is 18.5. The molecule has 1 heterocycles. The van der Waals surface area contributed by atoms with E-state index in [9.17, 15) is 9.59 Å². The van der Waals surface area contributed by atoms with Crippen molar-refractivity contribution in [1.29, 1.82) is 0 Å². The lowest BCUT2D eigenvalue weighted by Crippen LogP contribution is -2.43. The highest BCUT2D eigenvalue weighted by Gasteiger charge is 2.10. The van der Waals surface area contributed by atoms with Crippen molar-refractivity contribution in [1.82, 2.24) is 20.8 Å². The van der Waals surface area contributed by atoms with Crippen molar-refractivity contribution < 1.29 is 9.59 Å². The number of H-pyrrole nitrogens is 1. The molecule has 0 aliphatic rings. The molecule has 3 rings (SSSR count). The summed E-state index contributed by atoms with van der Waals surface area (Å²) in [4.78, 5) is 32.4. The molecule has 0 fully saturated rings. The van der Waals surface area contributed by atoms with Crippen LogP contribution >= 0.6 is 11.8 Å². The van der Waals surface area contributed by atoms with Gasteiger partial charge in [-0.2, -0.15) is 0 Å². The highest BCUT2D eigenvalue weighted by Crippen LogP contribution is 2.23. The Morgan fingerprint density at radius 2 is 1.85 bits per heavy atom. The van der Waals surface area contributed by atoms with E-state index in [2.05, 4.69) is 20.8 Å². The van der Waals surface area contributed by atoms with Gasteiger partial charge < -0.3 is 4.98 Å². The Kier molecular flexibility index (Phi) is 5.58. The number of imidazole rings is 1. The molecule has 0 bridgehead atoms. The molecule has 7 heteroatoms. The van der Waals surface area contributed by atoms with Gasteiger partial charge in [-0.25, -0.2) is 4.98 Å². The largest absolute Gasteiger partial charge is 0.342 e. The molecule has 0 spiro atoms. The summed E-state index contributed by atoms with van der Waals surface area (Å²) in [5.41, 5.74) is 8.83. The maximum Gasteiger partial charge on any atom is 0.248 e. The predicted octanol–water partition coefficient (Wildman–Crippen LogP) is 2.66. The van der Waals surface area contributed by atoms with Crippen LogP contribution in [0.2, 0.25) is 0 Å². The van der Waals surface area contributed by atoms with Crippen molar-refractivity contribution in [3.05, 3.63) is 59.4 Å². The molecule has 134 valence electrons. The summed E-state index contributed by atoms with van der Waals surface area (Å²) in [6.07, 6.45) is 0.0685. The van der Waals surface area contributed by atoms with Crippen molar-refractivity contribution >= 4 is 34.6 Å². The number of aryl methyl sites for hydroxylation is 2. The first kappa shape index (κ1) is 18.0. The van der Waals surface area contributed by atoms with E-state index >= 15 is 0 Å². The number of carbonyl (C=O) groups is 2. The molecule has 3 aromatic rings. The van der Waals surface area contributed by atoms with E-state index in [1.54, 1.807) is 0 Å². The first-order valence-corrected chi connectivity index (χ1v) is 9.21. The summed E-state index contributed by atoms with van der Waals surface area (Å²) in [5, 5.41) is 0. The third kappa shape index (κ3) is 4.64. The van der Waals surface area contributed by atoms with Gasteiger partial charge in [-0.15, -0.1) is 11.8 Å². The Morgan fingerprint density at radius 3 is 2.65 bits per heavy atom. The van der Waals surface area contributed by atoms with Crippen molar-refractivity contribution in [2.45, 2.75) is 25.2 Å². The van der Waals surface area contributed by atoms with Gasteiger partial charge in [-0.1, -0.05) is 29.8 Å². The third-order valence-corrected chi connectivity index (χ3v) is 4.97. The minimum absolute atomic E-state index is 0.0685. The second-order valence-electron chi connectivity index (χ2n) is 6.03. The highest BCUT2D eigenvalue weighted by atomic mass is 32.2. The van der Waals surface area contributed by atoms with Gasteiger partial charge in [0.1, 0.15) is 5.82 Å². The minimum Gasteiger partial charge on any atom is -0.342 e. The number of para-hydroxylation sites is 2. The number of carbonyl (C=O) groups excluding carboxylic acids is 2. The van der Waals surface area contributed by atoms with Crippen LogP contribution in [0.3, 0.4) is 0 Å². The molecule has 3 N–H and O–H groups in total. The number of nitrogens with one attached hydrogen (secondary N) is 3. The van der Waals surface area contributed by atoms with Crippen molar-refractivity contribution in [2.24, 2.45) is 0 Å². The van der Waals surface area contributed by atoms with Crippen molar-refractivity contribution in [3.63, 3.8) is 0 Å². The normalized spacial score (nSPS) is 10.7. The maximum absolute atomic E-state index is 12.0. The molecule has 0 radical (unpaired) electrons. The number of amides is 2. The Bertz CT molecular complexity index is 919. The van der Waals surface area contributed by atoms with E-state index in [0.717, 1.165) is 27.1 Å². The van der Waals surface area contributed by atoms with Crippen molar-refractivity contribution in [2.75, 3.05) is 5.75 Å². The summed E-state index contributed by atoms with van der Waals surface area (Å²) in [7, 11) is 0. The number of benzene rings is 2. The summed E-state index contributed by atoms with van der Waals surface area (Å²) >= 11 is 1.45. The molecule has 0 saturated heterocycles. The van der Waals surface area contributed by atoms with E-state index in [4.69, 9.17) is 0 Å². The van der Waals surface area contributed by atoms with Crippen molar-refractivity contribution in [3.8, 4) is 0 Å². The molecule has 1 aromatic heterocycles. The summed E-state index contributed by atoms with van der Waals surface area (Å²) < 4.78 is 0. The molecule has 0 saturated carbocycles. The van der Waals surface area contributed by atoms with Gasteiger partial charge in [0.05, 0.1) is 23.2 Å². The van der Waals surface area contributed by atoms with E-state index < -0.39 is 0 Å². The van der Waals surface area contributed by atoms with Crippen LogP contribution in [0.15, 0.2) is 47.4 Å². The fourth-order valence-corrected chi connectivity index (χ4v) is 3.39. The summed E-state index contributed by atoms with van der Waals surface area (Å²) in [6, 6.07) is 13.7. The number of rotatable bonds is 5. The van der Waals surface area contributed by atoms with Gasteiger partial charge in [0.25, 0.3) is 0 Å². The maximum atomic E-state index is 12.0. The van der Waals surface area contributed by atoms with Crippen LogP contribution in [0, 0.1) is 13.8 Å². The number of hydrogen-bond acceptors (Lipinski definition) is 4. The average Bonchev–Trinajstić information content (AvgIpc) is 3.02. The highest BCUT2D eigenvalue weighted by molar-refractivity contribution is 8.00. The topological polar surface area (TPSA) is 86.9 Å². The fourth-order valence-electron chi connectivity index (χ4n) is 2.47. The Morgan fingerprint density at radius 1 is 1.08 bits per heavy atom. The molecule has 0 aliphatic carbocycles. The monoisotopic (exact) mass is 368 g/mol. The van der Waals surface area contributed by atoms with Crippen LogP contribution in [0.5, 0.6) is 0 Å². The van der Waals surface area contributed by atoms with Crippen LogP contribution in [-0.4, -0.2) is 27.5 Å². The summed E-state index contributed by atoms with van der Waals surface area (Å²) in [6.45, 7) is 4.02. The average molecular weight is 368 g/mol. The van der Waals surface area contributed by atoms with Crippen LogP contribution < -0.4 is 10.9 Å². The number of nitrogens with zero attached hydrogens (tertiary/aromatic N) is 1. The molecule has 0 aliphatic heterocycles. The zero-order valence-electron chi connectivity index (χ0n) is 14.6. The molecular weight excluding hydrogens is 348 g/mol. The van der Waals surface area contributed by atoms with E-state index in [-0.39, 0.29) is 24.0 Å². The minimum atomic E-state index is -0.325. The Hall–Kier alpha value is -2.80. The molecule has 2 aromatic carbocycles. The lowest BCUT2D eigenvalue weighted by Gasteiger charge is -2.08. The number of aromatic amines is 1. The Labute approximate surface area is 155 Å². The molecular formula is C19H20N4O2S. The second kappa shape index (κ2) is 8.05. The van der Waals surface area contributed by atoms with Gasteiger partial charge >= 0.3 is 0 Å².